The lowest BCUT2D eigenvalue weighted by atomic mass is 10.1. The first-order chi connectivity index (χ1) is 11.7. The van der Waals surface area contributed by atoms with Crippen LogP contribution in [0.5, 0.6) is 0 Å². The largest absolute Gasteiger partial charge is 1.00 e. The molecule has 3 aromatic rings. The number of rotatable bonds is 6. The van der Waals surface area contributed by atoms with Gasteiger partial charge in [-0.1, -0.05) is 48.4 Å². The van der Waals surface area contributed by atoms with E-state index in [0.29, 0.717) is 0 Å². The zero-order valence-electron chi connectivity index (χ0n) is 14.3. The molecule has 25 heavy (non-hydrogen) atoms. The first kappa shape index (κ1) is 19.3. The van der Waals surface area contributed by atoms with Gasteiger partial charge in [0.2, 0.25) is 6.20 Å². The Morgan fingerprint density at radius 1 is 1.08 bits per heavy atom. The molecule has 1 N–H and O–H groups in total. The fraction of sp³-hybridized carbons (Fsp3) is 0.250. The third-order valence-corrected chi connectivity index (χ3v) is 3.99. The second kappa shape index (κ2) is 9.46. The Morgan fingerprint density at radius 2 is 1.80 bits per heavy atom. The van der Waals surface area contributed by atoms with Gasteiger partial charge in [-0.25, -0.2) is 0 Å². The Bertz CT molecular complexity index is 834. The van der Waals surface area contributed by atoms with Gasteiger partial charge in [0.15, 0.2) is 0 Å². The van der Waals surface area contributed by atoms with Crippen LogP contribution in [0.3, 0.4) is 0 Å². The predicted molar refractivity (Wildman–Crippen MR) is 95.6 cm³/mol. The van der Waals surface area contributed by atoms with Crippen LogP contribution < -0.4 is 34.0 Å². The molecule has 5 heteroatoms. The third-order valence-electron chi connectivity index (χ3n) is 3.99. The zero-order chi connectivity index (χ0) is 16.8. The number of anilines is 1. The minimum Gasteiger partial charge on any atom is -1.00 e. The van der Waals surface area contributed by atoms with Gasteiger partial charge >= 0.3 is 0 Å². The van der Waals surface area contributed by atoms with Gasteiger partial charge in [-0.05, 0) is 41.7 Å². The van der Waals surface area contributed by atoms with Crippen LogP contribution in [-0.4, -0.2) is 11.0 Å². The molecule has 1 amide bonds. The molecular weight excluding hydrogens is 425 g/mol. The Morgan fingerprint density at radius 3 is 2.52 bits per heavy atom. The fourth-order valence-electron chi connectivity index (χ4n) is 2.65. The Labute approximate surface area is 165 Å². The van der Waals surface area contributed by atoms with Crippen LogP contribution in [0.4, 0.5) is 5.69 Å². The van der Waals surface area contributed by atoms with Crippen molar-refractivity contribution in [2.24, 2.45) is 0 Å². The zero-order valence-corrected chi connectivity index (χ0v) is 16.4. The number of benzene rings is 2. The molecule has 1 heterocycles. The summed E-state index contributed by atoms with van der Waals surface area (Å²) in [5, 5.41) is 9.35. The summed E-state index contributed by atoms with van der Waals surface area (Å²) in [6.45, 7) is 2.38. The van der Waals surface area contributed by atoms with E-state index in [4.69, 9.17) is 0 Å². The van der Waals surface area contributed by atoms with Crippen molar-refractivity contribution in [2.45, 2.75) is 32.7 Å². The van der Waals surface area contributed by atoms with E-state index in [1.165, 1.54) is 18.4 Å². The molecule has 1 aromatic heterocycles. The number of fused-ring (bicyclic) bond motifs is 1. The molecule has 0 aliphatic rings. The fourth-order valence-corrected chi connectivity index (χ4v) is 2.65. The highest BCUT2D eigenvalue weighted by molar-refractivity contribution is 5.89. The van der Waals surface area contributed by atoms with E-state index in [2.05, 4.69) is 29.5 Å². The van der Waals surface area contributed by atoms with E-state index >= 15 is 0 Å². The van der Waals surface area contributed by atoms with Gasteiger partial charge in [0.25, 0.3) is 12.5 Å². The molecule has 2 aromatic carbocycles. The van der Waals surface area contributed by atoms with Crippen LogP contribution in [0, 0.1) is 0 Å². The summed E-state index contributed by atoms with van der Waals surface area (Å²) in [5.74, 6) is -0.0795. The topological polar surface area (TPSA) is 45.9 Å². The summed E-state index contributed by atoms with van der Waals surface area (Å²) in [6.07, 6.45) is 7.14. The molecule has 0 saturated carbocycles. The van der Waals surface area contributed by atoms with Crippen molar-refractivity contribution in [1.82, 2.24) is 5.10 Å². The van der Waals surface area contributed by atoms with Crippen LogP contribution in [0.2, 0.25) is 0 Å². The molecule has 0 spiro atoms. The standard InChI is InChI=1S/C20H21N3O.HI/c1-2-3-6-16-9-11-19(12-10-16)22-20(24)15-23-14-18-8-5-4-7-17(18)13-21-23;/h4-5,7-14H,2-3,6,15H2,1H3;1H. The number of nitrogens with zero attached hydrogens (tertiary/aromatic N) is 2. The number of aromatic nitrogens is 2. The molecule has 0 bridgehead atoms. The highest BCUT2D eigenvalue weighted by Gasteiger charge is 2.12. The summed E-state index contributed by atoms with van der Waals surface area (Å²) >= 11 is 0. The van der Waals surface area contributed by atoms with Crippen LogP contribution in [-0.2, 0) is 17.8 Å². The van der Waals surface area contributed by atoms with E-state index < -0.39 is 0 Å². The number of hydrogen-bond donors (Lipinski definition) is 1. The predicted octanol–water partition coefficient (Wildman–Crippen LogP) is 0.508. The van der Waals surface area contributed by atoms with Crippen molar-refractivity contribution in [1.29, 1.82) is 0 Å². The monoisotopic (exact) mass is 447 g/mol. The summed E-state index contributed by atoms with van der Waals surface area (Å²) in [7, 11) is 0. The first-order valence-electron chi connectivity index (χ1n) is 8.38. The minimum absolute atomic E-state index is 0. The maximum absolute atomic E-state index is 12.2. The Balaban J connectivity index is 0.00000225. The number of carbonyl (C=O) groups is 1. The van der Waals surface area contributed by atoms with Crippen molar-refractivity contribution in [3.63, 3.8) is 0 Å². The summed E-state index contributed by atoms with van der Waals surface area (Å²) < 4.78 is 1.66. The van der Waals surface area contributed by atoms with Gasteiger partial charge in [0, 0.05) is 16.5 Å². The molecule has 0 saturated heterocycles. The second-order valence-electron chi connectivity index (χ2n) is 5.95. The molecular formula is C20H22IN3O. The normalized spacial score (nSPS) is 10.3. The number of hydrogen-bond acceptors (Lipinski definition) is 2. The van der Waals surface area contributed by atoms with E-state index in [1.807, 2.05) is 42.6 Å². The minimum atomic E-state index is -0.0795. The van der Waals surface area contributed by atoms with Crippen molar-refractivity contribution < 1.29 is 33.5 Å². The van der Waals surface area contributed by atoms with Gasteiger partial charge in [0.05, 0.1) is 0 Å². The maximum atomic E-state index is 12.2. The molecule has 3 rings (SSSR count). The molecule has 0 aliphatic heterocycles. The smallest absolute Gasteiger partial charge is 0.292 e. The molecule has 0 atom stereocenters. The molecule has 130 valence electrons. The van der Waals surface area contributed by atoms with E-state index in [0.717, 1.165) is 22.9 Å². The average Bonchev–Trinajstić information content (AvgIpc) is 2.61. The summed E-state index contributed by atoms with van der Waals surface area (Å²) in [6, 6.07) is 16.0. The van der Waals surface area contributed by atoms with Crippen molar-refractivity contribution in [2.75, 3.05) is 5.32 Å². The number of aryl methyl sites for hydroxylation is 1. The quantitative estimate of drug-likeness (QED) is 0.442. The number of carbonyl (C=O) groups excluding carboxylic acids is 1. The molecule has 0 unspecified atom stereocenters. The third kappa shape index (κ3) is 5.49. The number of nitrogens with one attached hydrogen (secondary N) is 1. The number of amides is 1. The second-order valence-corrected chi connectivity index (χ2v) is 5.95. The summed E-state index contributed by atoms with van der Waals surface area (Å²) in [4.78, 5) is 12.2. The van der Waals surface area contributed by atoms with Gasteiger partial charge in [-0.3, -0.25) is 4.79 Å². The highest BCUT2D eigenvalue weighted by atomic mass is 127. The maximum Gasteiger partial charge on any atom is 0.292 e. The SMILES string of the molecule is CCCCc1ccc(NC(=O)C[n+]2cc3ccccc3cn2)cc1.[I-]. The van der Waals surface area contributed by atoms with Crippen molar-refractivity contribution in [3.05, 3.63) is 66.5 Å². The Kier molecular flexibility index (Phi) is 7.31. The van der Waals surface area contributed by atoms with Crippen LogP contribution in [0.1, 0.15) is 25.3 Å². The van der Waals surface area contributed by atoms with Crippen molar-refractivity contribution >= 4 is 22.4 Å². The van der Waals surface area contributed by atoms with Gasteiger partial charge in [-0.2, -0.15) is 0 Å². The van der Waals surface area contributed by atoms with E-state index in [-0.39, 0.29) is 36.4 Å². The van der Waals surface area contributed by atoms with E-state index in [1.54, 1.807) is 10.9 Å². The molecule has 4 nitrogen and oxygen atoms in total. The average molecular weight is 447 g/mol. The lowest BCUT2D eigenvalue weighted by Gasteiger charge is -2.05. The van der Waals surface area contributed by atoms with Crippen molar-refractivity contribution in [3.8, 4) is 0 Å². The first-order valence-corrected chi connectivity index (χ1v) is 8.38. The van der Waals surface area contributed by atoms with Crippen LogP contribution >= 0.6 is 0 Å². The summed E-state index contributed by atoms with van der Waals surface area (Å²) in [5.41, 5.74) is 2.13. The number of halogens is 1. The Hall–Kier alpha value is -2.02. The van der Waals surface area contributed by atoms with E-state index in [9.17, 15) is 4.79 Å². The van der Waals surface area contributed by atoms with Gasteiger partial charge in [-0.15, -0.1) is 0 Å². The van der Waals surface area contributed by atoms with Gasteiger partial charge < -0.3 is 29.3 Å². The molecule has 0 fully saturated rings. The molecule has 0 aliphatic carbocycles. The number of unbranched alkanes of at least 4 members (excludes halogenated alkanes) is 1. The van der Waals surface area contributed by atoms with Crippen LogP contribution in [0.15, 0.2) is 60.9 Å². The lowest BCUT2D eigenvalue weighted by Crippen LogP contribution is -3.00. The van der Waals surface area contributed by atoms with Gasteiger partial charge in [0.1, 0.15) is 6.20 Å². The molecule has 0 radical (unpaired) electrons. The lowest BCUT2D eigenvalue weighted by molar-refractivity contribution is -0.740. The highest BCUT2D eigenvalue weighted by Crippen LogP contribution is 2.12. The van der Waals surface area contributed by atoms with Crippen LogP contribution in [0.25, 0.3) is 10.8 Å².